The Balaban J connectivity index is 1.84. The SMILES string of the molecule is NCc1ccc(C2=NSC(c3cc(Br)cc(C(F)(F)F)c3)(C(F)(F)F)C2)c2ccccc12. The Bertz CT molecular complexity index is 1220. The summed E-state index contributed by atoms with van der Waals surface area (Å²) in [4.78, 5) is 0. The third kappa shape index (κ3) is 3.92. The van der Waals surface area contributed by atoms with Crippen LogP contribution in [0.15, 0.2) is 63.5 Å². The first-order chi connectivity index (χ1) is 15.0. The van der Waals surface area contributed by atoms with Crippen molar-refractivity contribution in [3.8, 4) is 0 Å². The van der Waals surface area contributed by atoms with Crippen LogP contribution in [0.3, 0.4) is 0 Å². The molecule has 1 aliphatic heterocycles. The molecule has 2 N–H and O–H groups in total. The van der Waals surface area contributed by atoms with E-state index in [-0.39, 0.29) is 28.7 Å². The van der Waals surface area contributed by atoms with Gasteiger partial charge in [-0.15, -0.1) is 0 Å². The number of fused-ring (bicyclic) bond motifs is 1. The number of alkyl halides is 6. The Morgan fingerprint density at radius 1 is 0.969 bits per heavy atom. The van der Waals surface area contributed by atoms with Crippen LogP contribution in [0.1, 0.15) is 28.7 Å². The van der Waals surface area contributed by atoms with Crippen molar-refractivity contribution in [2.45, 2.75) is 30.1 Å². The van der Waals surface area contributed by atoms with Gasteiger partial charge in [0.25, 0.3) is 0 Å². The molecule has 0 amide bonds. The highest BCUT2D eigenvalue weighted by molar-refractivity contribution is 9.10. The molecule has 168 valence electrons. The minimum absolute atomic E-state index is 0.0854. The number of hydrogen-bond donors (Lipinski definition) is 1. The monoisotopic (exact) mass is 532 g/mol. The summed E-state index contributed by atoms with van der Waals surface area (Å²) in [5, 5.41) is 1.49. The predicted molar refractivity (Wildman–Crippen MR) is 117 cm³/mol. The van der Waals surface area contributed by atoms with Gasteiger partial charge in [-0.05, 0) is 52.0 Å². The molecule has 1 heterocycles. The number of halogens is 7. The highest BCUT2D eigenvalue weighted by Gasteiger charge is 2.60. The maximum Gasteiger partial charge on any atom is 0.416 e. The van der Waals surface area contributed by atoms with Crippen LogP contribution in [-0.4, -0.2) is 11.9 Å². The van der Waals surface area contributed by atoms with E-state index in [1.807, 2.05) is 6.07 Å². The lowest BCUT2D eigenvalue weighted by Gasteiger charge is -2.31. The molecule has 0 radical (unpaired) electrons. The van der Waals surface area contributed by atoms with E-state index >= 15 is 0 Å². The van der Waals surface area contributed by atoms with E-state index in [4.69, 9.17) is 5.73 Å². The molecule has 3 aromatic rings. The third-order valence-electron chi connectivity index (χ3n) is 5.42. The molecule has 0 fully saturated rings. The quantitative estimate of drug-likeness (QED) is 0.282. The number of benzene rings is 3. The number of rotatable bonds is 3. The number of nitrogens with zero attached hydrogens (tertiary/aromatic N) is 1. The molecular formula is C22H15BrF6N2S. The topological polar surface area (TPSA) is 38.4 Å². The Morgan fingerprint density at radius 3 is 2.28 bits per heavy atom. The Labute approximate surface area is 192 Å². The van der Waals surface area contributed by atoms with Gasteiger partial charge in [-0.1, -0.05) is 52.3 Å². The van der Waals surface area contributed by atoms with Gasteiger partial charge >= 0.3 is 12.4 Å². The standard InChI is InChI=1S/C22H15BrF6N2S/c23-15-8-13(7-14(9-15)21(24,25)26)20(22(27,28)29)10-19(31-32-20)18-6-5-12(11-30)16-3-1-2-4-17(16)18/h1-9H,10-11,30H2. The average molecular weight is 533 g/mol. The van der Waals surface area contributed by atoms with Crippen molar-refractivity contribution < 1.29 is 26.3 Å². The molecule has 0 aromatic heterocycles. The van der Waals surface area contributed by atoms with Gasteiger partial charge in [0.15, 0.2) is 4.75 Å². The molecule has 0 saturated heterocycles. The smallest absolute Gasteiger partial charge is 0.326 e. The van der Waals surface area contributed by atoms with Gasteiger partial charge in [-0.25, -0.2) is 4.40 Å². The second-order valence-corrected chi connectivity index (χ2v) is 9.36. The summed E-state index contributed by atoms with van der Waals surface area (Å²) in [6.07, 6.45) is -10.2. The zero-order valence-corrected chi connectivity index (χ0v) is 18.6. The minimum atomic E-state index is -4.85. The van der Waals surface area contributed by atoms with Gasteiger partial charge in [0.05, 0.1) is 11.3 Å². The highest BCUT2D eigenvalue weighted by atomic mass is 79.9. The molecule has 32 heavy (non-hydrogen) atoms. The second kappa shape index (κ2) is 8.07. The summed E-state index contributed by atoms with van der Waals surface area (Å²) in [5.74, 6) is 0. The highest BCUT2D eigenvalue weighted by Crippen LogP contribution is 2.57. The number of nitrogens with two attached hydrogens (primary N) is 1. The van der Waals surface area contributed by atoms with Crippen LogP contribution >= 0.6 is 27.9 Å². The summed E-state index contributed by atoms with van der Waals surface area (Å²) >= 11 is 3.18. The van der Waals surface area contributed by atoms with Crippen LogP contribution in [0.5, 0.6) is 0 Å². The molecule has 3 aromatic carbocycles. The molecule has 0 saturated carbocycles. The van der Waals surface area contributed by atoms with E-state index in [1.165, 1.54) is 0 Å². The van der Waals surface area contributed by atoms with E-state index < -0.39 is 34.6 Å². The lowest BCUT2D eigenvalue weighted by Crippen LogP contribution is -2.39. The van der Waals surface area contributed by atoms with Gasteiger partial charge in [0.2, 0.25) is 0 Å². The van der Waals surface area contributed by atoms with E-state index in [9.17, 15) is 26.3 Å². The fourth-order valence-corrected chi connectivity index (χ4v) is 5.28. The summed E-state index contributed by atoms with van der Waals surface area (Å²) < 4.78 is 84.4. The molecule has 1 unspecified atom stereocenters. The zero-order valence-electron chi connectivity index (χ0n) is 16.2. The molecule has 1 aliphatic rings. The van der Waals surface area contributed by atoms with Crippen molar-refractivity contribution in [1.29, 1.82) is 0 Å². The first-order valence-corrected chi connectivity index (χ1v) is 10.9. The van der Waals surface area contributed by atoms with Crippen molar-refractivity contribution >= 4 is 44.4 Å². The van der Waals surface area contributed by atoms with E-state index in [1.54, 1.807) is 30.3 Å². The van der Waals surface area contributed by atoms with Gasteiger partial charge in [-0.2, -0.15) is 26.3 Å². The molecule has 2 nitrogen and oxygen atoms in total. The fraction of sp³-hybridized carbons (Fsp3) is 0.227. The third-order valence-corrected chi connectivity index (χ3v) is 7.12. The van der Waals surface area contributed by atoms with E-state index in [0.29, 0.717) is 17.0 Å². The van der Waals surface area contributed by atoms with Crippen molar-refractivity contribution in [2.24, 2.45) is 10.1 Å². The van der Waals surface area contributed by atoms with Crippen molar-refractivity contribution in [2.75, 3.05) is 0 Å². The summed E-state index contributed by atoms with van der Waals surface area (Å²) in [5.41, 5.74) is 5.63. The normalized spacial score (nSPS) is 19.4. The summed E-state index contributed by atoms with van der Waals surface area (Å²) in [6.45, 7) is 0.257. The first kappa shape index (κ1) is 23.1. The predicted octanol–water partition coefficient (Wildman–Crippen LogP) is 7.38. The lowest BCUT2D eigenvalue weighted by atomic mass is 9.87. The van der Waals surface area contributed by atoms with Crippen molar-refractivity contribution in [3.05, 3.63) is 81.3 Å². The molecule has 0 bridgehead atoms. The van der Waals surface area contributed by atoms with Crippen LogP contribution in [0.2, 0.25) is 0 Å². The molecule has 0 spiro atoms. The van der Waals surface area contributed by atoms with Gasteiger partial charge in [-0.3, -0.25) is 0 Å². The van der Waals surface area contributed by atoms with Crippen molar-refractivity contribution in [1.82, 2.24) is 0 Å². The molecule has 0 aliphatic carbocycles. The summed E-state index contributed by atoms with van der Waals surface area (Å²) in [7, 11) is 0. The maximum absolute atomic E-state index is 14.4. The van der Waals surface area contributed by atoms with Crippen LogP contribution in [0, 0.1) is 0 Å². The number of hydrogen-bond acceptors (Lipinski definition) is 3. The van der Waals surface area contributed by atoms with Crippen molar-refractivity contribution in [3.63, 3.8) is 0 Å². The van der Waals surface area contributed by atoms with E-state index in [2.05, 4.69) is 20.3 Å². The second-order valence-electron chi connectivity index (χ2n) is 7.38. The molecule has 10 heteroatoms. The van der Waals surface area contributed by atoms with Crippen LogP contribution in [-0.2, 0) is 17.5 Å². The minimum Gasteiger partial charge on any atom is -0.326 e. The zero-order chi connectivity index (χ0) is 23.3. The summed E-state index contributed by atoms with van der Waals surface area (Å²) in [6, 6.07) is 12.9. The molecular weight excluding hydrogens is 518 g/mol. The van der Waals surface area contributed by atoms with Gasteiger partial charge in [0, 0.05) is 23.0 Å². The fourth-order valence-electron chi connectivity index (χ4n) is 3.83. The van der Waals surface area contributed by atoms with Crippen LogP contribution in [0.4, 0.5) is 26.3 Å². The largest absolute Gasteiger partial charge is 0.416 e. The van der Waals surface area contributed by atoms with Gasteiger partial charge < -0.3 is 5.73 Å². The Morgan fingerprint density at radius 2 is 1.66 bits per heavy atom. The average Bonchev–Trinajstić information content (AvgIpc) is 3.18. The van der Waals surface area contributed by atoms with Gasteiger partial charge in [0.1, 0.15) is 0 Å². The lowest BCUT2D eigenvalue weighted by molar-refractivity contribution is -0.160. The molecule has 4 rings (SSSR count). The van der Waals surface area contributed by atoms with Crippen LogP contribution in [0.25, 0.3) is 10.8 Å². The maximum atomic E-state index is 14.4. The molecule has 1 atom stereocenters. The Hall–Kier alpha value is -2.04. The Kier molecular flexibility index (Phi) is 5.83. The van der Waals surface area contributed by atoms with E-state index in [0.717, 1.165) is 23.1 Å². The van der Waals surface area contributed by atoms with Crippen LogP contribution < -0.4 is 5.73 Å². The first-order valence-electron chi connectivity index (χ1n) is 9.37.